The summed E-state index contributed by atoms with van der Waals surface area (Å²) in [5.41, 5.74) is 8.81. The predicted octanol–water partition coefficient (Wildman–Crippen LogP) is 5.70. The van der Waals surface area contributed by atoms with Crippen molar-refractivity contribution in [1.82, 2.24) is 15.2 Å². The maximum Gasteiger partial charge on any atom is 0.408 e. The molecule has 3 aliphatic heterocycles. The van der Waals surface area contributed by atoms with Gasteiger partial charge in [0.25, 0.3) is 0 Å². The van der Waals surface area contributed by atoms with Crippen LogP contribution in [-0.4, -0.2) is 58.9 Å². The third-order valence-corrected chi connectivity index (χ3v) is 8.26. The molecule has 4 heterocycles. The minimum absolute atomic E-state index is 0.0308. The van der Waals surface area contributed by atoms with Crippen molar-refractivity contribution in [3.05, 3.63) is 71.9 Å². The molecule has 3 unspecified atom stereocenters. The fraction of sp³-hybridized carbons (Fsp3) is 0.485. The van der Waals surface area contributed by atoms with Crippen LogP contribution in [0, 0.1) is 11.8 Å². The van der Waals surface area contributed by atoms with Gasteiger partial charge in [-0.2, -0.15) is 0 Å². The Hall–Kier alpha value is -3.69. The summed E-state index contributed by atoms with van der Waals surface area (Å²) in [6.45, 7) is 9.88. The first-order valence-electron chi connectivity index (χ1n) is 14.7. The van der Waals surface area contributed by atoms with Gasteiger partial charge in [-0.25, -0.2) is 9.59 Å². The van der Waals surface area contributed by atoms with Crippen LogP contribution in [0.4, 0.5) is 4.79 Å². The zero-order valence-electron chi connectivity index (χ0n) is 25.2. The molecule has 9 heteroatoms. The molecule has 6 rings (SSSR count). The minimum Gasteiger partial charge on any atom is -0.497 e. The molecule has 0 aliphatic carbocycles. The van der Waals surface area contributed by atoms with E-state index in [4.69, 9.17) is 20.3 Å². The van der Waals surface area contributed by atoms with E-state index in [9.17, 15) is 9.59 Å². The van der Waals surface area contributed by atoms with Gasteiger partial charge in [0.05, 0.1) is 12.6 Å². The van der Waals surface area contributed by atoms with Gasteiger partial charge in [-0.05, 0) is 87.4 Å². The lowest BCUT2D eigenvalue weighted by atomic mass is 9.72. The number of alkyl carbamates (subject to hydrolysis) is 1. The number of benzene rings is 2. The molecule has 3 aliphatic rings. The number of nitrogens with zero attached hydrogens (tertiary/aromatic N) is 2. The molecule has 4 N–H and O–H groups in total. The lowest BCUT2D eigenvalue weighted by Gasteiger charge is -2.51. The Morgan fingerprint density at radius 1 is 1.17 bits per heavy atom. The number of nitrogens with two attached hydrogens (primary N) is 1. The van der Waals surface area contributed by atoms with E-state index in [1.807, 2.05) is 18.3 Å². The van der Waals surface area contributed by atoms with Crippen molar-refractivity contribution in [1.29, 1.82) is 0 Å². The Morgan fingerprint density at radius 2 is 1.90 bits per heavy atom. The molecule has 1 amide bonds. The lowest BCUT2D eigenvalue weighted by Crippen LogP contribution is -2.56. The van der Waals surface area contributed by atoms with Gasteiger partial charge in [0.15, 0.2) is 6.04 Å². The summed E-state index contributed by atoms with van der Waals surface area (Å²) in [7, 11) is 1.70. The molecule has 42 heavy (non-hydrogen) atoms. The topological polar surface area (TPSA) is 127 Å². The van der Waals surface area contributed by atoms with E-state index in [0.29, 0.717) is 11.6 Å². The number of fused-ring (bicyclic) bond motifs is 4. The van der Waals surface area contributed by atoms with Crippen molar-refractivity contribution in [2.24, 2.45) is 17.6 Å². The second-order valence-electron chi connectivity index (χ2n) is 12.2. The molecule has 0 saturated carbocycles. The smallest absolute Gasteiger partial charge is 0.408 e. The predicted molar refractivity (Wildman–Crippen MR) is 163 cm³/mol. The van der Waals surface area contributed by atoms with Crippen molar-refractivity contribution < 1.29 is 24.2 Å². The van der Waals surface area contributed by atoms with Gasteiger partial charge in [-0.1, -0.05) is 43.7 Å². The molecule has 2 bridgehead atoms. The molecule has 9 nitrogen and oxygen atoms in total. The van der Waals surface area contributed by atoms with Crippen LogP contribution in [-0.2, 0) is 9.53 Å². The fourth-order valence-corrected chi connectivity index (χ4v) is 6.15. The molecule has 3 saturated heterocycles. The largest absolute Gasteiger partial charge is 0.497 e. The summed E-state index contributed by atoms with van der Waals surface area (Å²) in [6, 6.07) is 16.0. The summed E-state index contributed by atoms with van der Waals surface area (Å²) in [6.07, 6.45) is 4.99. The van der Waals surface area contributed by atoms with Gasteiger partial charge in [-0.15, -0.1) is 0 Å². The van der Waals surface area contributed by atoms with Gasteiger partial charge in [0.2, 0.25) is 0 Å². The van der Waals surface area contributed by atoms with Crippen LogP contribution in [0.2, 0.25) is 0 Å². The van der Waals surface area contributed by atoms with E-state index in [0.717, 1.165) is 28.5 Å². The number of carboxylic acid groups (broad SMARTS) is 1. The Bertz CT molecular complexity index is 1360. The number of hydrogen-bond donors (Lipinski definition) is 3. The Kier molecular flexibility index (Phi) is 10.1. The van der Waals surface area contributed by atoms with E-state index in [2.05, 4.69) is 34.3 Å². The first-order chi connectivity index (χ1) is 20.0. The summed E-state index contributed by atoms with van der Waals surface area (Å²) >= 11 is 0. The average molecular weight is 577 g/mol. The summed E-state index contributed by atoms with van der Waals surface area (Å²) in [5, 5.41) is 12.6. The van der Waals surface area contributed by atoms with Gasteiger partial charge >= 0.3 is 12.1 Å². The standard InChI is InChI=1S/C20H27N3O.C13H17NO4/c1-3-13-12-23-9-7-14(13)10-19(23)20(21)16-6-8-22-18-5-4-15(24-2)11-17(16)18;1-13(2,3)18-12(17)14-10(11(15)16)9-7-5-4-6-8-9/h4-6,8,11,13-14,19-20H,3,7,9-10,12,21H2,1-2H3;4-8,10H,1-3H3,(H,14,17)(H,15,16)/t13?,14?,19-,20-;10-/m01/s1. The average Bonchev–Trinajstić information content (AvgIpc) is 2.98. The van der Waals surface area contributed by atoms with Gasteiger partial charge in [0, 0.05) is 30.2 Å². The molecule has 2 aromatic carbocycles. The molecule has 1 aromatic heterocycles. The third kappa shape index (κ3) is 7.57. The number of aromatic nitrogens is 1. The number of carbonyl (C=O) groups excluding carboxylic acids is 1. The number of amides is 1. The number of hydrogen-bond acceptors (Lipinski definition) is 7. The Labute approximate surface area is 248 Å². The van der Waals surface area contributed by atoms with E-state index < -0.39 is 23.7 Å². The fourth-order valence-electron chi connectivity index (χ4n) is 6.15. The number of pyridine rings is 1. The maximum atomic E-state index is 11.6. The van der Waals surface area contributed by atoms with Gasteiger partial charge < -0.3 is 25.6 Å². The first-order valence-corrected chi connectivity index (χ1v) is 14.7. The van der Waals surface area contributed by atoms with Crippen LogP contribution in [0.1, 0.15) is 70.2 Å². The highest BCUT2D eigenvalue weighted by Crippen LogP contribution is 2.42. The number of nitrogens with one attached hydrogen (secondary N) is 1. The van der Waals surface area contributed by atoms with Crippen molar-refractivity contribution in [3.63, 3.8) is 0 Å². The number of carbonyl (C=O) groups is 2. The van der Waals surface area contributed by atoms with Crippen molar-refractivity contribution in [2.45, 2.75) is 70.7 Å². The summed E-state index contributed by atoms with van der Waals surface area (Å²) in [5.74, 6) is 1.43. The van der Waals surface area contributed by atoms with Crippen molar-refractivity contribution >= 4 is 23.0 Å². The minimum atomic E-state index is -1.13. The summed E-state index contributed by atoms with van der Waals surface area (Å²) < 4.78 is 10.4. The molecule has 3 aromatic rings. The quantitative estimate of drug-likeness (QED) is 0.327. The molecule has 3 fully saturated rings. The molecule has 6 atom stereocenters. The Balaban J connectivity index is 0.000000202. The van der Waals surface area contributed by atoms with Crippen LogP contribution < -0.4 is 15.8 Å². The zero-order valence-corrected chi connectivity index (χ0v) is 25.2. The van der Waals surface area contributed by atoms with Gasteiger partial charge in [0.1, 0.15) is 11.4 Å². The van der Waals surface area contributed by atoms with E-state index in [1.54, 1.807) is 58.2 Å². The van der Waals surface area contributed by atoms with Crippen LogP contribution >= 0.6 is 0 Å². The first kappa shape index (κ1) is 31.3. The van der Waals surface area contributed by atoms with Crippen LogP contribution in [0.25, 0.3) is 10.9 Å². The molecule has 0 radical (unpaired) electrons. The number of aliphatic carboxylic acids is 1. The second kappa shape index (κ2) is 13.5. The maximum absolute atomic E-state index is 11.6. The number of ether oxygens (including phenoxy) is 2. The highest BCUT2D eigenvalue weighted by Gasteiger charge is 2.42. The van der Waals surface area contributed by atoms with Crippen molar-refractivity contribution in [3.8, 4) is 5.75 Å². The van der Waals surface area contributed by atoms with E-state index in [1.165, 1.54) is 37.9 Å². The van der Waals surface area contributed by atoms with Crippen LogP contribution in [0.5, 0.6) is 5.75 Å². The monoisotopic (exact) mass is 576 g/mol. The van der Waals surface area contributed by atoms with Crippen LogP contribution in [0.3, 0.4) is 0 Å². The SMILES string of the molecule is CC(C)(C)OC(=O)N[C@@H](C(=O)O)c1ccccc1.CCC1CN2CCC1C[C@H]2[C@@H](N)c1ccnc2ccc(OC)cc12. The Morgan fingerprint density at radius 3 is 2.50 bits per heavy atom. The van der Waals surface area contributed by atoms with Crippen molar-refractivity contribution in [2.75, 3.05) is 20.2 Å². The number of methoxy groups -OCH3 is 1. The second-order valence-corrected chi connectivity index (χ2v) is 12.2. The third-order valence-electron chi connectivity index (χ3n) is 8.26. The molecule has 0 spiro atoms. The number of piperidine rings is 3. The lowest BCUT2D eigenvalue weighted by molar-refractivity contribution is -0.139. The number of carboxylic acids is 1. The molecule has 226 valence electrons. The molecular formula is C33H44N4O5. The number of rotatable bonds is 7. The van der Waals surface area contributed by atoms with Crippen LogP contribution in [0.15, 0.2) is 60.8 Å². The summed E-state index contributed by atoms with van der Waals surface area (Å²) in [4.78, 5) is 29.8. The van der Waals surface area contributed by atoms with E-state index in [-0.39, 0.29) is 6.04 Å². The zero-order chi connectivity index (χ0) is 30.4. The normalized spacial score (nSPS) is 22.8. The van der Waals surface area contributed by atoms with Gasteiger partial charge in [-0.3, -0.25) is 9.88 Å². The highest BCUT2D eigenvalue weighted by atomic mass is 16.6. The highest BCUT2D eigenvalue weighted by molar-refractivity contribution is 5.84. The molecular weight excluding hydrogens is 532 g/mol. The van der Waals surface area contributed by atoms with E-state index >= 15 is 0 Å².